The van der Waals surface area contributed by atoms with E-state index in [1.54, 1.807) is 0 Å². The van der Waals surface area contributed by atoms with Crippen molar-refractivity contribution in [2.24, 2.45) is 0 Å². The number of rotatable bonds is 6. The number of thiocarbonyl (C=S) groups is 1. The van der Waals surface area contributed by atoms with Crippen molar-refractivity contribution in [1.82, 2.24) is 0 Å². The Balaban J connectivity index is 3.30. The molecule has 0 spiro atoms. The Morgan fingerprint density at radius 2 is 2.00 bits per heavy atom. The van der Waals surface area contributed by atoms with Crippen molar-refractivity contribution < 1.29 is 9.90 Å². The van der Waals surface area contributed by atoms with E-state index in [0.717, 1.165) is 24.1 Å². The molecule has 0 aromatic heterocycles. The molecule has 0 saturated carbocycles. The van der Waals surface area contributed by atoms with E-state index in [1.807, 2.05) is 0 Å². The zero-order chi connectivity index (χ0) is 8.69. The molecule has 0 unspecified atom stereocenters. The van der Waals surface area contributed by atoms with Crippen molar-refractivity contribution in [1.29, 1.82) is 0 Å². The first-order valence-electron chi connectivity index (χ1n) is 3.90. The third kappa shape index (κ3) is 7.46. The predicted molar refractivity (Wildman–Crippen MR) is 49.0 cm³/mol. The second-order valence-electron chi connectivity index (χ2n) is 2.54. The summed E-state index contributed by atoms with van der Waals surface area (Å²) in [6, 6.07) is 0. The van der Waals surface area contributed by atoms with Gasteiger partial charge in [0.25, 0.3) is 0 Å². The maximum atomic E-state index is 10.1. The highest BCUT2D eigenvalue weighted by atomic mass is 32.1. The van der Waals surface area contributed by atoms with Gasteiger partial charge in [0.15, 0.2) is 0 Å². The lowest BCUT2D eigenvalue weighted by molar-refractivity contribution is -0.136. The largest absolute Gasteiger partial charge is 0.481 e. The van der Waals surface area contributed by atoms with E-state index >= 15 is 0 Å². The minimum Gasteiger partial charge on any atom is -0.481 e. The Labute approximate surface area is 72.6 Å². The van der Waals surface area contributed by atoms with Gasteiger partial charge in [0.1, 0.15) is 0 Å². The molecule has 0 aliphatic carbocycles. The van der Waals surface area contributed by atoms with Crippen LogP contribution in [0.15, 0.2) is 0 Å². The number of hydrogen-bond acceptors (Lipinski definition) is 2. The molecule has 0 rings (SSSR count). The van der Waals surface area contributed by atoms with Crippen LogP contribution in [0.4, 0.5) is 0 Å². The van der Waals surface area contributed by atoms with Crippen LogP contribution in [0.3, 0.4) is 0 Å². The molecule has 1 N–H and O–H groups in total. The van der Waals surface area contributed by atoms with Crippen LogP contribution >= 0.6 is 12.2 Å². The molecule has 0 atom stereocenters. The molecule has 3 heteroatoms. The topological polar surface area (TPSA) is 37.3 Å². The molecule has 0 aliphatic rings. The molecule has 0 aromatic carbocycles. The summed E-state index contributed by atoms with van der Waals surface area (Å²) in [6.07, 6.45) is 3.85. The molecule has 0 fully saturated rings. The third-order valence-corrected chi connectivity index (χ3v) is 1.84. The summed E-state index contributed by atoms with van der Waals surface area (Å²) in [5, 5.41) is 8.33. The molecule has 0 aliphatic heterocycles. The second kappa shape index (κ2) is 6.28. The Hall–Kier alpha value is -0.440. The molecular formula is C8H14O2S. The lowest BCUT2D eigenvalue weighted by Crippen LogP contribution is -2.00. The highest BCUT2D eigenvalue weighted by molar-refractivity contribution is 7.80. The lowest BCUT2D eigenvalue weighted by atomic mass is 10.1. The van der Waals surface area contributed by atoms with Gasteiger partial charge < -0.3 is 5.11 Å². The normalized spacial score (nSPS) is 9.55. The molecule has 0 bridgehead atoms. The fraction of sp³-hybridized carbons (Fsp3) is 0.750. The quantitative estimate of drug-likeness (QED) is 0.628. The van der Waals surface area contributed by atoms with E-state index in [9.17, 15) is 4.79 Å². The van der Waals surface area contributed by atoms with Crippen LogP contribution in [0.25, 0.3) is 0 Å². The Kier molecular flexibility index (Phi) is 6.03. The predicted octanol–water partition coefficient (Wildman–Crippen LogP) is 2.41. The monoisotopic (exact) mass is 174 g/mol. The van der Waals surface area contributed by atoms with Gasteiger partial charge in [-0.2, -0.15) is 0 Å². The summed E-state index contributed by atoms with van der Waals surface area (Å²) >= 11 is 4.97. The molecular weight excluding hydrogens is 160 g/mol. The van der Waals surface area contributed by atoms with Crippen LogP contribution in [0.5, 0.6) is 0 Å². The smallest absolute Gasteiger partial charge is 0.303 e. The molecule has 0 heterocycles. The average Bonchev–Trinajstić information content (AvgIpc) is 1.97. The first-order chi connectivity index (χ1) is 5.16. The van der Waals surface area contributed by atoms with Crippen LogP contribution in [0.2, 0.25) is 0 Å². The summed E-state index contributed by atoms with van der Waals surface area (Å²) in [7, 11) is 0. The molecule has 0 radical (unpaired) electrons. The van der Waals surface area contributed by atoms with Crippen LogP contribution in [-0.4, -0.2) is 15.9 Å². The summed E-state index contributed by atoms with van der Waals surface area (Å²) < 4.78 is 0. The minimum atomic E-state index is -0.760. The number of carboxylic acids is 1. The SMILES string of the molecule is CCCCC(=S)CCC(=O)O. The van der Waals surface area contributed by atoms with Crippen LogP contribution < -0.4 is 0 Å². The molecule has 11 heavy (non-hydrogen) atoms. The zero-order valence-electron chi connectivity index (χ0n) is 6.80. The lowest BCUT2D eigenvalue weighted by Gasteiger charge is -1.98. The maximum absolute atomic E-state index is 10.1. The Bertz CT molecular complexity index is 143. The number of hydrogen-bond donors (Lipinski definition) is 1. The molecule has 0 amide bonds. The van der Waals surface area contributed by atoms with Gasteiger partial charge in [-0.15, -0.1) is 0 Å². The molecule has 0 saturated heterocycles. The van der Waals surface area contributed by atoms with Gasteiger partial charge in [-0.25, -0.2) is 0 Å². The van der Waals surface area contributed by atoms with E-state index in [-0.39, 0.29) is 6.42 Å². The van der Waals surface area contributed by atoms with Gasteiger partial charge in [-0.05, 0) is 24.1 Å². The third-order valence-electron chi connectivity index (χ3n) is 1.43. The van der Waals surface area contributed by atoms with Crippen molar-refractivity contribution >= 4 is 23.1 Å². The van der Waals surface area contributed by atoms with Crippen molar-refractivity contribution in [2.45, 2.75) is 39.0 Å². The summed E-state index contributed by atoms with van der Waals surface area (Å²) in [5.74, 6) is -0.760. The van der Waals surface area contributed by atoms with E-state index in [4.69, 9.17) is 17.3 Å². The zero-order valence-corrected chi connectivity index (χ0v) is 7.62. The van der Waals surface area contributed by atoms with Gasteiger partial charge >= 0.3 is 5.97 Å². The van der Waals surface area contributed by atoms with E-state index < -0.39 is 5.97 Å². The first-order valence-corrected chi connectivity index (χ1v) is 4.31. The number of carbonyl (C=O) groups is 1. The Morgan fingerprint density at radius 1 is 1.36 bits per heavy atom. The van der Waals surface area contributed by atoms with E-state index in [2.05, 4.69) is 6.92 Å². The van der Waals surface area contributed by atoms with Gasteiger partial charge in [-0.1, -0.05) is 25.6 Å². The van der Waals surface area contributed by atoms with Crippen molar-refractivity contribution in [3.05, 3.63) is 0 Å². The number of unbranched alkanes of at least 4 members (excludes halogenated alkanes) is 1. The fourth-order valence-electron chi connectivity index (χ4n) is 0.745. The van der Waals surface area contributed by atoms with Gasteiger partial charge in [0.05, 0.1) is 0 Å². The fourth-order valence-corrected chi connectivity index (χ4v) is 0.992. The highest BCUT2D eigenvalue weighted by Gasteiger charge is 2.00. The van der Waals surface area contributed by atoms with Crippen molar-refractivity contribution in [3.8, 4) is 0 Å². The summed E-state index contributed by atoms with van der Waals surface area (Å²) in [5.41, 5.74) is 0. The molecule has 0 aromatic rings. The summed E-state index contributed by atoms with van der Waals surface area (Å²) in [6.45, 7) is 2.10. The molecule has 2 nitrogen and oxygen atoms in total. The summed E-state index contributed by atoms with van der Waals surface area (Å²) in [4.78, 5) is 11.0. The van der Waals surface area contributed by atoms with Crippen molar-refractivity contribution in [2.75, 3.05) is 0 Å². The van der Waals surface area contributed by atoms with Crippen LogP contribution in [-0.2, 0) is 4.79 Å². The van der Waals surface area contributed by atoms with Gasteiger partial charge in [0.2, 0.25) is 0 Å². The Morgan fingerprint density at radius 3 is 2.45 bits per heavy atom. The standard InChI is InChI=1S/C8H14O2S/c1-2-3-4-7(11)5-6-8(9)10/h2-6H2,1H3,(H,9,10). The second-order valence-corrected chi connectivity index (χ2v) is 3.11. The maximum Gasteiger partial charge on any atom is 0.303 e. The van der Waals surface area contributed by atoms with E-state index in [0.29, 0.717) is 6.42 Å². The molecule has 64 valence electrons. The first kappa shape index (κ1) is 10.6. The average molecular weight is 174 g/mol. The minimum absolute atomic E-state index is 0.183. The highest BCUT2D eigenvalue weighted by Crippen LogP contribution is 2.03. The number of aliphatic carboxylic acids is 1. The van der Waals surface area contributed by atoms with Gasteiger partial charge in [-0.3, -0.25) is 4.79 Å². The van der Waals surface area contributed by atoms with E-state index in [1.165, 1.54) is 0 Å². The number of carboxylic acid groups (broad SMARTS) is 1. The van der Waals surface area contributed by atoms with Crippen LogP contribution in [0, 0.1) is 0 Å². The van der Waals surface area contributed by atoms with Crippen LogP contribution in [0.1, 0.15) is 39.0 Å². The van der Waals surface area contributed by atoms with Crippen molar-refractivity contribution in [3.63, 3.8) is 0 Å². The van der Waals surface area contributed by atoms with Gasteiger partial charge in [0, 0.05) is 6.42 Å².